The molecule has 4 nitrogen and oxygen atoms in total. The molecular weight excluding hydrogens is 388 g/mol. The third kappa shape index (κ3) is 3.67. The van der Waals surface area contributed by atoms with Gasteiger partial charge in [-0.05, 0) is 61.4 Å². The van der Waals surface area contributed by atoms with E-state index >= 15 is 0 Å². The van der Waals surface area contributed by atoms with E-state index in [9.17, 15) is 9.59 Å². The Kier molecular flexibility index (Phi) is 4.95. The second-order valence-corrected chi connectivity index (χ2v) is 7.20. The van der Waals surface area contributed by atoms with E-state index in [0.717, 1.165) is 11.1 Å². The minimum atomic E-state index is -0.454. The van der Waals surface area contributed by atoms with Crippen LogP contribution in [0.25, 0.3) is 6.08 Å². The lowest BCUT2D eigenvalue weighted by Crippen LogP contribution is -2.11. The van der Waals surface area contributed by atoms with Gasteiger partial charge in [-0.1, -0.05) is 41.9 Å². The second-order valence-electron chi connectivity index (χ2n) is 6.76. The van der Waals surface area contributed by atoms with E-state index in [2.05, 4.69) is 0 Å². The summed E-state index contributed by atoms with van der Waals surface area (Å²) in [5.41, 5.74) is 3.11. The standard InChI is InChI=1S/C24H17ClO4/c1-14-6-3-4-9-18(14)24(27)29-20-11-10-19-22(26)21(28-23(19)15(20)2)13-16-7-5-8-17(25)12-16/h3-13H,1-2H3/b21-13-. The number of Topliss-reactive ketones (excluding diaryl/α,β-unsaturated/α-hetero) is 1. The molecule has 0 radical (unpaired) electrons. The quantitative estimate of drug-likeness (QED) is 0.315. The Bertz CT molecular complexity index is 1180. The predicted octanol–water partition coefficient (Wildman–Crippen LogP) is 5.79. The Morgan fingerprint density at radius 1 is 1.03 bits per heavy atom. The fraction of sp³-hybridized carbons (Fsp3) is 0.0833. The van der Waals surface area contributed by atoms with Gasteiger partial charge in [0.05, 0.1) is 11.1 Å². The van der Waals surface area contributed by atoms with Crippen molar-refractivity contribution in [2.24, 2.45) is 0 Å². The van der Waals surface area contributed by atoms with Crippen LogP contribution in [0, 0.1) is 13.8 Å². The van der Waals surface area contributed by atoms with E-state index in [1.165, 1.54) is 0 Å². The normalized spacial score (nSPS) is 13.9. The summed E-state index contributed by atoms with van der Waals surface area (Å²) in [5.74, 6) is 0.282. The molecule has 3 aromatic rings. The molecular formula is C24H17ClO4. The fourth-order valence-electron chi connectivity index (χ4n) is 3.18. The summed E-state index contributed by atoms with van der Waals surface area (Å²) < 4.78 is 11.4. The van der Waals surface area contributed by atoms with Crippen LogP contribution in [0.15, 0.2) is 66.4 Å². The molecule has 5 heteroatoms. The molecule has 0 unspecified atom stereocenters. The molecule has 1 aliphatic heterocycles. The van der Waals surface area contributed by atoms with E-state index < -0.39 is 5.97 Å². The van der Waals surface area contributed by atoms with E-state index in [4.69, 9.17) is 21.1 Å². The summed E-state index contributed by atoms with van der Waals surface area (Å²) in [6, 6.07) is 17.6. The van der Waals surface area contributed by atoms with Crippen LogP contribution in [0.2, 0.25) is 5.02 Å². The SMILES string of the molecule is Cc1ccccc1C(=O)Oc1ccc2c(c1C)O/C(=C\c1cccc(Cl)c1)C2=O. The number of carbonyl (C=O) groups is 2. The Morgan fingerprint density at radius 3 is 2.59 bits per heavy atom. The van der Waals surface area contributed by atoms with Crippen molar-refractivity contribution in [2.75, 3.05) is 0 Å². The number of benzene rings is 3. The van der Waals surface area contributed by atoms with Crippen LogP contribution >= 0.6 is 11.6 Å². The third-order valence-electron chi connectivity index (χ3n) is 4.75. The molecule has 1 heterocycles. The largest absolute Gasteiger partial charge is 0.452 e. The van der Waals surface area contributed by atoms with Gasteiger partial charge in [0.1, 0.15) is 11.5 Å². The van der Waals surface area contributed by atoms with Gasteiger partial charge in [0.2, 0.25) is 5.78 Å². The van der Waals surface area contributed by atoms with Crippen molar-refractivity contribution in [1.29, 1.82) is 0 Å². The van der Waals surface area contributed by atoms with Gasteiger partial charge in [-0.15, -0.1) is 0 Å². The number of rotatable bonds is 3. The van der Waals surface area contributed by atoms with Crippen LogP contribution in [-0.4, -0.2) is 11.8 Å². The van der Waals surface area contributed by atoms with E-state index in [1.807, 2.05) is 25.1 Å². The van der Waals surface area contributed by atoms with E-state index in [-0.39, 0.29) is 11.5 Å². The first-order chi connectivity index (χ1) is 13.9. The highest BCUT2D eigenvalue weighted by Gasteiger charge is 2.30. The summed E-state index contributed by atoms with van der Waals surface area (Å²) in [4.78, 5) is 25.2. The van der Waals surface area contributed by atoms with Crippen LogP contribution < -0.4 is 9.47 Å². The van der Waals surface area contributed by atoms with Crippen LogP contribution in [0.3, 0.4) is 0 Å². The average molecular weight is 405 g/mol. The Morgan fingerprint density at radius 2 is 1.83 bits per heavy atom. The number of halogens is 1. The van der Waals surface area contributed by atoms with Crippen molar-refractivity contribution in [3.63, 3.8) is 0 Å². The molecule has 0 saturated carbocycles. The zero-order valence-electron chi connectivity index (χ0n) is 15.9. The van der Waals surface area contributed by atoms with Crippen molar-refractivity contribution >= 4 is 29.4 Å². The lowest BCUT2D eigenvalue weighted by atomic mass is 10.1. The highest BCUT2D eigenvalue weighted by Crippen LogP contribution is 2.39. The monoisotopic (exact) mass is 404 g/mol. The summed E-state index contributed by atoms with van der Waals surface area (Å²) in [6.45, 7) is 3.61. The topological polar surface area (TPSA) is 52.6 Å². The molecule has 0 aliphatic carbocycles. The third-order valence-corrected chi connectivity index (χ3v) is 4.99. The van der Waals surface area contributed by atoms with E-state index in [1.54, 1.807) is 55.5 Å². The fourth-order valence-corrected chi connectivity index (χ4v) is 3.38. The molecule has 0 atom stereocenters. The maximum Gasteiger partial charge on any atom is 0.343 e. The highest BCUT2D eigenvalue weighted by atomic mass is 35.5. The van der Waals surface area contributed by atoms with Crippen LogP contribution in [0.5, 0.6) is 11.5 Å². The maximum atomic E-state index is 12.7. The van der Waals surface area contributed by atoms with Crippen LogP contribution in [-0.2, 0) is 0 Å². The van der Waals surface area contributed by atoms with Gasteiger partial charge in [0.15, 0.2) is 5.76 Å². The summed E-state index contributed by atoms with van der Waals surface area (Å²) in [5, 5.41) is 0.573. The van der Waals surface area contributed by atoms with Crippen molar-refractivity contribution in [3.8, 4) is 11.5 Å². The lowest BCUT2D eigenvalue weighted by molar-refractivity contribution is 0.0732. The van der Waals surface area contributed by atoms with Crippen molar-refractivity contribution in [1.82, 2.24) is 0 Å². The highest BCUT2D eigenvalue weighted by molar-refractivity contribution is 6.30. The molecule has 0 bridgehead atoms. The molecule has 1 aliphatic rings. The number of ketones is 1. The molecule has 0 fully saturated rings. The van der Waals surface area contributed by atoms with Crippen LogP contribution in [0.1, 0.15) is 37.4 Å². The number of ether oxygens (including phenoxy) is 2. The van der Waals surface area contributed by atoms with E-state index in [0.29, 0.717) is 33.2 Å². The van der Waals surface area contributed by atoms with Crippen LogP contribution in [0.4, 0.5) is 0 Å². The number of carbonyl (C=O) groups excluding carboxylic acids is 2. The number of esters is 1. The van der Waals surface area contributed by atoms with Crippen molar-refractivity contribution < 1.29 is 19.1 Å². The number of hydrogen-bond acceptors (Lipinski definition) is 4. The van der Waals surface area contributed by atoms with Gasteiger partial charge in [-0.2, -0.15) is 0 Å². The number of hydrogen-bond donors (Lipinski definition) is 0. The molecule has 3 aromatic carbocycles. The van der Waals surface area contributed by atoms with Gasteiger partial charge in [0, 0.05) is 10.6 Å². The van der Waals surface area contributed by atoms with Gasteiger partial charge in [-0.25, -0.2) is 4.79 Å². The summed E-state index contributed by atoms with van der Waals surface area (Å²) >= 11 is 6.01. The first kappa shape index (κ1) is 19.0. The van der Waals surface area contributed by atoms with Gasteiger partial charge >= 0.3 is 5.97 Å². The smallest absolute Gasteiger partial charge is 0.343 e. The first-order valence-electron chi connectivity index (χ1n) is 9.05. The van der Waals surface area contributed by atoms with Gasteiger partial charge < -0.3 is 9.47 Å². The first-order valence-corrected chi connectivity index (χ1v) is 9.43. The molecule has 0 aromatic heterocycles. The Hall–Kier alpha value is -3.37. The lowest BCUT2D eigenvalue weighted by Gasteiger charge is -2.11. The Labute approximate surface area is 173 Å². The Balaban J connectivity index is 1.63. The number of aryl methyl sites for hydroxylation is 1. The minimum absolute atomic E-state index is 0.202. The molecule has 0 amide bonds. The zero-order valence-corrected chi connectivity index (χ0v) is 16.6. The molecule has 29 heavy (non-hydrogen) atoms. The van der Waals surface area contributed by atoms with Crippen molar-refractivity contribution in [2.45, 2.75) is 13.8 Å². The predicted molar refractivity (Wildman–Crippen MR) is 112 cm³/mol. The minimum Gasteiger partial charge on any atom is -0.452 e. The summed E-state index contributed by atoms with van der Waals surface area (Å²) in [6.07, 6.45) is 1.65. The van der Waals surface area contributed by atoms with Gasteiger partial charge in [0.25, 0.3) is 0 Å². The molecule has 0 spiro atoms. The number of fused-ring (bicyclic) bond motifs is 1. The molecule has 4 rings (SSSR count). The zero-order chi connectivity index (χ0) is 20.5. The molecule has 0 N–H and O–H groups in total. The van der Waals surface area contributed by atoms with Gasteiger partial charge in [-0.3, -0.25) is 4.79 Å². The van der Waals surface area contributed by atoms with Crippen molar-refractivity contribution in [3.05, 3.63) is 99.3 Å². The second kappa shape index (κ2) is 7.57. The average Bonchev–Trinajstić information content (AvgIpc) is 3.01. The maximum absolute atomic E-state index is 12.7. The molecule has 0 saturated heterocycles. The summed E-state index contributed by atoms with van der Waals surface area (Å²) in [7, 11) is 0. The molecule has 144 valence electrons. The number of allylic oxidation sites excluding steroid dienone is 1.